The Hall–Kier alpha value is -2.20. The summed E-state index contributed by atoms with van der Waals surface area (Å²) in [5.41, 5.74) is -3.40. The van der Waals surface area contributed by atoms with E-state index in [9.17, 15) is 27.6 Å². The number of nitrogens with zero attached hydrogens (tertiary/aromatic N) is 1. The van der Waals surface area contributed by atoms with Gasteiger partial charge in [0.25, 0.3) is 0 Å². The Balaban J connectivity index is 4.37. The molecular weight excluding hydrogens is 297 g/mol. The lowest BCUT2D eigenvalue weighted by Crippen LogP contribution is -2.63. The van der Waals surface area contributed by atoms with E-state index < -0.39 is 29.7 Å². The number of amides is 4. The van der Waals surface area contributed by atoms with Crippen molar-refractivity contribution in [2.24, 2.45) is 0 Å². The van der Waals surface area contributed by atoms with Crippen LogP contribution in [0.15, 0.2) is 0 Å². The van der Waals surface area contributed by atoms with Gasteiger partial charge in [-0.15, -0.1) is 0 Å². The first-order valence-corrected chi connectivity index (χ1v) is 5.73. The summed E-state index contributed by atoms with van der Waals surface area (Å²) in [6.07, 6.45) is -5.16. The molecule has 0 saturated carbocycles. The molecule has 0 radical (unpaired) electrons. The van der Waals surface area contributed by atoms with E-state index in [0.717, 1.165) is 0 Å². The molecular formula is C10H17F3N4O4. The maximum absolute atomic E-state index is 12.6. The zero-order chi connectivity index (χ0) is 16.8. The lowest BCUT2D eigenvalue weighted by Gasteiger charge is -2.28. The van der Waals surface area contributed by atoms with Gasteiger partial charge in [0.2, 0.25) is 5.54 Å². The van der Waals surface area contributed by atoms with Gasteiger partial charge in [0, 0.05) is 27.2 Å². The van der Waals surface area contributed by atoms with E-state index in [2.05, 4.69) is 5.32 Å². The summed E-state index contributed by atoms with van der Waals surface area (Å²) < 4.78 is 37.8. The van der Waals surface area contributed by atoms with Gasteiger partial charge < -0.3 is 26.0 Å². The van der Waals surface area contributed by atoms with Crippen LogP contribution < -0.4 is 16.0 Å². The third-order valence-electron chi connectivity index (χ3n) is 2.45. The van der Waals surface area contributed by atoms with Crippen molar-refractivity contribution in [3.05, 3.63) is 0 Å². The van der Waals surface area contributed by atoms with E-state index in [4.69, 9.17) is 5.11 Å². The van der Waals surface area contributed by atoms with Crippen molar-refractivity contribution in [1.29, 1.82) is 0 Å². The summed E-state index contributed by atoms with van der Waals surface area (Å²) in [5.74, 6) is -2.23. The van der Waals surface area contributed by atoms with Crippen molar-refractivity contribution >= 4 is 18.0 Å². The molecule has 0 bridgehead atoms. The van der Waals surface area contributed by atoms with Crippen LogP contribution in [0.4, 0.5) is 22.8 Å². The Morgan fingerprint density at radius 2 is 1.57 bits per heavy atom. The molecule has 8 nitrogen and oxygen atoms in total. The molecule has 0 aromatic heterocycles. The first-order chi connectivity index (χ1) is 9.41. The number of halogens is 3. The Morgan fingerprint density at radius 1 is 1.10 bits per heavy atom. The molecule has 0 aliphatic carbocycles. The standard InChI is InChI=1S/C10H17F3N4O4/c1-9(6(18)19,10(11,12)13)16-7(20)14-4-5-15-8(21)17(2)3/h4-5H2,1-3H3,(H,15,21)(H,18,19)(H2,14,16,20). The van der Waals surface area contributed by atoms with Gasteiger partial charge in [-0.05, 0) is 6.92 Å². The van der Waals surface area contributed by atoms with Crippen LogP contribution >= 0.6 is 0 Å². The van der Waals surface area contributed by atoms with Crippen molar-refractivity contribution in [1.82, 2.24) is 20.9 Å². The maximum atomic E-state index is 12.6. The van der Waals surface area contributed by atoms with Crippen molar-refractivity contribution in [2.45, 2.75) is 18.6 Å². The van der Waals surface area contributed by atoms with Gasteiger partial charge in [-0.1, -0.05) is 0 Å². The van der Waals surface area contributed by atoms with Crippen LogP contribution in [0.3, 0.4) is 0 Å². The second-order valence-corrected chi connectivity index (χ2v) is 4.44. The van der Waals surface area contributed by atoms with Gasteiger partial charge in [-0.2, -0.15) is 13.2 Å². The Kier molecular flexibility index (Phi) is 6.26. The first-order valence-electron chi connectivity index (χ1n) is 5.73. The molecule has 0 rings (SSSR count). The van der Waals surface area contributed by atoms with Gasteiger partial charge in [0.05, 0.1) is 0 Å². The smallest absolute Gasteiger partial charge is 0.422 e. The third-order valence-corrected chi connectivity index (χ3v) is 2.45. The van der Waals surface area contributed by atoms with Crippen LogP contribution in [-0.4, -0.2) is 66.9 Å². The van der Waals surface area contributed by atoms with Gasteiger partial charge in [0.15, 0.2) is 0 Å². The van der Waals surface area contributed by atoms with Crippen molar-refractivity contribution in [2.75, 3.05) is 27.2 Å². The molecule has 21 heavy (non-hydrogen) atoms. The zero-order valence-corrected chi connectivity index (χ0v) is 11.7. The molecule has 0 fully saturated rings. The number of hydrogen-bond acceptors (Lipinski definition) is 3. The summed E-state index contributed by atoms with van der Waals surface area (Å²) >= 11 is 0. The monoisotopic (exact) mass is 314 g/mol. The molecule has 0 aliphatic heterocycles. The highest BCUT2D eigenvalue weighted by Crippen LogP contribution is 2.30. The summed E-state index contributed by atoms with van der Waals surface area (Å²) in [5, 5.41) is 14.3. The number of nitrogens with one attached hydrogen (secondary N) is 3. The maximum Gasteiger partial charge on any atom is 0.422 e. The lowest BCUT2D eigenvalue weighted by molar-refractivity contribution is -0.203. The quantitative estimate of drug-likeness (QED) is 0.534. The summed E-state index contributed by atoms with van der Waals surface area (Å²) in [6.45, 7) is 0.141. The van der Waals surface area contributed by atoms with Crippen LogP contribution in [0.25, 0.3) is 0 Å². The number of carboxylic acids is 1. The van der Waals surface area contributed by atoms with Gasteiger partial charge in [-0.25, -0.2) is 14.4 Å². The van der Waals surface area contributed by atoms with Crippen molar-refractivity contribution in [3.63, 3.8) is 0 Å². The highest BCUT2D eigenvalue weighted by Gasteiger charge is 2.58. The Labute approximate surface area is 118 Å². The molecule has 0 heterocycles. The van der Waals surface area contributed by atoms with Crippen LogP contribution in [-0.2, 0) is 4.79 Å². The molecule has 1 atom stereocenters. The third kappa shape index (κ3) is 5.36. The second-order valence-electron chi connectivity index (χ2n) is 4.44. The van der Waals surface area contributed by atoms with Gasteiger partial charge >= 0.3 is 24.2 Å². The highest BCUT2D eigenvalue weighted by atomic mass is 19.4. The van der Waals surface area contributed by atoms with Crippen LogP contribution in [0.5, 0.6) is 0 Å². The van der Waals surface area contributed by atoms with Gasteiger partial charge in [0.1, 0.15) is 0 Å². The molecule has 122 valence electrons. The van der Waals surface area contributed by atoms with Crippen LogP contribution in [0.1, 0.15) is 6.92 Å². The average molecular weight is 314 g/mol. The van der Waals surface area contributed by atoms with E-state index >= 15 is 0 Å². The molecule has 11 heteroatoms. The topological polar surface area (TPSA) is 111 Å². The first kappa shape index (κ1) is 18.8. The number of urea groups is 2. The largest absolute Gasteiger partial charge is 0.479 e. The fourth-order valence-electron chi connectivity index (χ4n) is 1.02. The van der Waals surface area contributed by atoms with Crippen LogP contribution in [0, 0.1) is 0 Å². The molecule has 4 N–H and O–H groups in total. The average Bonchev–Trinajstić information content (AvgIpc) is 2.32. The number of rotatable bonds is 5. The zero-order valence-electron chi connectivity index (χ0n) is 11.7. The predicted molar refractivity (Wildman–Crippen MR) is 65.7 cm³/mol. The number of hydrogen-bond donors (Lipinski definition) is 4. The van der Waals surface area contributed by atoms with Crippen molar-refractivity contribution in [3.8, 4) is 0 Å². The van der Waals surface area contributed by atoms with Gasteiger partial charge in [-0.3, -0.25) is 0 Å². The minimum absolute atomic E-state index is 0.0275. The van der Waals surface area contributed by atoms with E-state index in [0.29, 0.717) is 6.92 Å². The van der Waals surface area contributed by atoms with E-state index in [-0.39, 0.29) is 13.1 Å². The number of carbonyl (C=O) groups excluding carboxylic acids is 2. The van der Waals surface area contributed by atoms with E-state index in [1.165, 1.54) is 24.3 Å². The molecule has 0 aromatic rings. The molecule has 0 saturated heterocycles. The molecule has 4 amide bonds. The number of aliphatic carboxylic acids is 1. The Morgan fingerprint density at radius 3 is 1.95 bits per heavy atom. The number of carbonyl (C=O) groups is 3. The summed E-state index contributed by atoms with van der Waals surface area (Å²) in [6, 6.07) is -1.75. The molecule has 0 spiro atoms. The predicted octanol–water partition coefficient (Wildman–Crippen LogP) is -0.0376. The minimum Gasteiger partial charge on any atom is -0.479 e. The normalized spacial score (nSPS) is 13.8. The van der Waals surface area contributed by atoms with Crippen molar-refractivity contribution < 1.29 is 32.7 Å². The SMILES string of the molecule is CN(C)C(=O)NCCNC(=O)NC(C)(C(=O)O)C(F)(F)F. The summed E-state index contributed by atoms with van der Waals surface area (Å²) in [7, 11) is 2.97. The number of alkyl halides is 3. The Bertz CT molecular complexity index is 414. The lowest BCUT2D eigenvalue weighted by atomic mass is 10.0. The fraction of sp³-hybridized carbons (Fsp3) is 0.700. The molecule has 1 unspecified atom stereocenters. The summed E-state index contributed by atoms with van der Waals surface area (Å²) in [4.78, 5) is 34.3. The molecule has 0 aromatic carbocycles. The molecule has 0 aliphatic rings. The van der Waals surface area contributed by atoms with E-state index in [1.807, 2.05) is 5.32 Å². The van der Waals surface area contributed by atoms with Crippen LogP contribution in [0.2, 0.25) is 0 Å². The van der Waals surface area contributed by atoms with E-state index in [1.54, 1.807) is 0 Å². The second kappa shape index (κ2) is 6.99. The number of carboxylic acid groups (broad SMARTS) is 1. The highest BCUT2D eigenvalue weighted by molar-refractivity contribution is 5.86. The minimum atomic E-state index is -5.16. The fourth-order valence-corrected chi connectivity index (χ4v) is 1.02.